The van der Waals surface area contributed by atoms with Crippen LogP contribution in [-0.2, 0) is 0 Å². The number of nitrogens with zero attached hydrogens (tertiary/aromatic N) is 1. The molecule has 1 aliphatic heterocycles. The van der Waals surface area contributed by atoms with Gasteiger partial charge in [0.2, 0.25) is 0 Å². The van der Waals surface area contributed by atoms with Gasteiger partial charge in [0.15, 0.2) is 0 Å². The van der Waals surface area contributed by atoms with Crippen molar-refractivity contribution in [3.05, 3.63) is 57.0 Å². The van der Waals surface area contributed by atoms with Crippen LogP contribution in [0, 0.1) is 0 Å². The maximum atomic E-state index is 12.8. The van der Waals surface area contributed by atoms with Crippen LogP contribution >= 0.6 is 46.6 Å². The van der Waals surface area contributed by atoms with E-state index in [4.69, 9.17) is 39.5 Å². The van der Waals surface area contributed by atoms with Crippen molar-refractivity contribution in [3.63, 3.8) is 0 Å². The lowest BCUT2D eigenvalue weighted by Gasteiger charge is -2.25. The second-order valence-corrected chi connectivity index (χ2v) is 7.83. The molecule has 1 unspecified atom stereocenters. The predicted molar refractivity (Wildman–Crippen MR) is 105 cm³/mol. The number of urea groups is 1. The molecule has 8 heteroatoms. The van der Waals surface area contributed by atoms with E-state index >= 15 is 0 Å². The summed E-state index contributed by atoms with van der Waals surface area (Å²) in [5.74, 6) is 1.37. The molecular weight excluding hydrogens is 403 g/mol. The number of thioether (sulfide) groups is 1. The van der Waals surface area contributed by atoms with Crippen molar-refractivity contribution in [2.24, 2.45) is 0 Å². The van der Waals surface area contributed by atoms with Crippen LogP contribution in [-0.4, -0.2) is 30.3 Å². The highest BCUT2D eigenvalue weighted by Crippen LogP contribution is 2.42. The summed E-state index contributed by atoms with van der Waals surface area (Å²) in [6, 6.07) is 10.2. The third-order valence-corrected chi connectivity index (χ3v) is 5.82. The molecule has 0 spiro atoms. The molecule has 1 heterocycles. The van der Waals surface area contributed by atoms with Crippen LogP contribution in [0.3, 0.4) is 0 Å². The molecule has 1 N–H and O–H groups in total. The number of rotatable bonds is 3. The maximum absolute atomic E-state index is 12.8. The normalized spacial score (nSPS) is 16.8. The highest BCUT2D eigenvalue weighted by molar-refractivity contribution is 7.99. The highest BCUT2D eigenvalue weighted by atomic mass is 35.5. The van der Waals surface area contributed by atoms with E-state index in [9.17, 15) is 4.79 Å². The van der Waals surface area contributed by atoms with Crippen molar-refractivity contribution in [3.8, 4) is 5.75 Å². The molecule has 2 amide bonds. The molecule has 1 aliphatic rings. The van der Waals surface area contributed by atoms with E-state index in [0.29, 0.717) is 33.0 Å². The largest absolute Gasteiger partial charge is 0.495 e. The summed E-state index contributed by atoms with van der Waals surface area (Å²) >= 11 is 20.0. The monoisotopic (exact) mass is 416 g/mol. The van der Waals surface area contributed by atoms with Crippen molar-refractivity contribution >= 4 is 58.3 Å². The first-order valence-electron chi connectivity index (χ1n) is 7.47. The lowest BCUT2D eigenvalue weighted by molar-refractivity contribution is 0.214. The Balaban J connectivity index is 1.83. The predicted octanol–water partition coefficient (Wildman–Crippen LogP) is 5.93. The first-order chi connectivity index (χ1) is 12.0. The third-order valence-electron chi connectivity index (χ3n) is 3.78. The molecule has 132 valence electrons. The number of carbonyl (C=O) groups is 1. The van der Waals surface area contributed by atoms with Gasteiger partial charge in [-0.05, 0) is 30.3 Å². The van der Waals surface area contributed by atoms with Crippen LogP contribution in [0.25, 0.3) is 0 Å². The number of hydrogen-bond acceptors (Lipinski definition) is 3. The Kier molecular flexibility index (Phi) is 5.89. The third kappa shape index (κ3) is 4.11. The summed E-state index contributed by atoms with van der Waals surface area (Å²) in [5.41, 5.74) is 1.39. The van der Waals surface area contributed by atoms with Crippen molar-refractivity contribution in [2.45, 2.75) is 5.37 Å². The molecule has 2 aromatic rings. The second-order valence-electron chi connectivity index (χ2n) is 5.36. The summed E-state index contributed by atoms with van der Waals surface area (Å²) in [7, 11) is 1.54. The molecule has 2 aromatic carbocycles. The van der Waals surface area contributed by atoms with Gasteiger partial charge in [-0.2, -0.15) is 0 Å². The van der Waals surface area contributed by atoms with E-state index < -0.39 is 0 Å². The van der Waals surface area contributed by atoms with Crippen LogP contribution in [0.2, 0.25) is 15.1 Å². The van der Waals surface area contributed by atoms with Gasteiger partial charge in [0.1, 0.15) is 11.1 Å². The summed E-state index contributed by atoms with van der Waals surface area (Å²) in [4.78, 5) is 14.5. The van der Waals surface area contributed by atoms with Gasteiger partial charge in [-0.15, -0.1) is 11.8 Å². The summed E-state index contributed by atoms with van der Waals surface area (Å²) in [6.45, 7) is 0.614. The van der Waals surface area contributed by atoms with E-state index in [2.05, 4.69) is 5.32 Å². The Bertz CT molecular complexity index is 803. The van der Waals surface area contributed by atoms with E-state index in [1.54, 1.807) is 54.1 Å². The molecule has 1 atom stereocenters. The number of methoxy groups -OCH3 is 1. The minimum Gasteiger partial charge on any atom is -0.495 e. The fourth-order valence-electron chi connectivity index (χ4n) is 2.60. The van der Waals surface area contributed by atoms with Crippen LogP contribution in [0.4, 0.5) is 10.5 Å². The molecule has 0 aliphatic carbocycles. The number of ether oxygens (including phenoxy) is 1. The zero-order valence-electron chi connectivity index (χ0n) is 13.3. The SMILES string of the molecule is COc1ccc(Cl)cc1NC(=O)N1CCSC1c1ccc(Cl)cc1Cl. The molecule has 0 aromatic heterocycles. The molecule has 4 nitrogen and oxygen atoms in total. The number of halogens is 3. The number of carbonyl (C=O) groups excluding carboxylic acids is 1. The fourth-order valence-corrected chi connectivity index (χ4v) is 4.64. The van der Waals surface area contributed by atoms with Crippen molar-refractivity contribution in [1.82, 2.24) is 4.90 Å². The Labute approximate surface area is 165 Å². The molecule has 3 rings (SSSR count). The highest BCUT2D eigenvalue weighted by Gasteiger charge is 2.32. The molecule has 0 bridgehead atoms. The number of nitrogens with one attached hydrogen (secondary N) is 1. The Morgan fingerprint density at radius 3 is 2.64 bits per heavy atom. The molecule has 1 fully saturated rings. The summed E-state index contributed by atoms with van der Waals surface area (Å²) < 4.78 is 5.27. The zero-order valence-corrected chi connectivity index (χ0v) is 16.3. The first kappa shape index (κ1) is 18.5. The average molecular weight is 418 g/mol. The summed E-state index contributed by atoms with van der Waals surface area (Å²) in [5, 5.41) is 4.33. The van der Waals surface area contributed by atoms with Gasteiger partial charge >= 0.3 is 6.03 Å². The Hall–Kier alpha value is -1.27. The Morgan fingerprint density at radius 2 is 1.92 bits per heavy atom. The topological polar surface area (TPSA) is 41.6 Å². The van der Waals surface area contributed by atoms with Gasteiger partial charge < -0.3 is 15.0 Å². The molecule has 0 radical (unpaired) electrons. The second kappa shape index (κ2) is 7.96. The number of hydrogen-bond donors (Lipinski definition) is 1. The van der Waals surface area contributed by atoms with E-state index in [1.807, 2.05) is 6.07 Å². The molecule has 0 saturated carbocycles. The number of benzene rings is 2. The van der Waals surface area contributed by atoms with Crippen LogP contribution in [0.5, 0.6) is 5.75 Å². The van der Waals surface area contributed by atoms with Gasteiger partial charge in [0, 0.05) is 32.9 Å². The smallest absolute Gasteiger partial charge is 0.323 e. The lowest BCUT2D eigenvalue weighted by Crippen LogP contribution is -2.34. The molecule has 1 saturated heterocycles. The Morgan fingerprint density at radius 1 is 1.20 bits per heavy atom. The average Bonchev–Trinajstić information content (AvgIpc) is 3.04. The van der Waals surface area contributed by atoms with Gasteiger partial charge in [-0.25, -0.2) is 4.79 Å². The van der Waals surface area contributed by atoms with Gasteiger partial charge in [0.05, 0.1) is 12.8 Å². The number of anilines is 1. The van der Waals surface area contributed by atoms with Crippen molar-refractivity contribution in [2.75, 3.05) is 24.7 Å². The quantitative estimate of drug-likeness (QED) is 0.672. The van der Waals surface area contributed by atoms with Crippen LogP contribution in [0.15, 0.2) is 36.4 Å². The van der Waals surface area contributed by atoms with Crippen LogP contribution in [0.1, 0.15) is 10.9 Å². The lowest BCUT2D eigenvalue weighted by atomic mass is 10.2. The number of amides is 2. The minimum atomic E-state index is -0.235. The van der Waals surface area contributed by atoms with E-state index in [1.165, 1.54) is 0 Å². The molecule has 25 heavy (non-hydrogen) atoms. The minimum absolute atomic E-state index is 0.171. The van der Waals surface area contributed by atoms with Crippen molar-refractivity contribution in [1.29, 1.82) is 0 Å². The standard InChI is InChI=1S/C17H15Cl3N2O2S/c1-24-15-5-3-11(19)9-14(15)21-17(23)22-6-7-25-16(22)12-4-2-10(18)8-13(12)20/h2-5,8-9,16H,6-7H2,1H3,(H,21,23). The van der Waals surface area contributed by atoms with Crippen LogP contribution < -0.4 is 10.1 Å². The molecular formula is C17H15Cl3N2O2S. The zero-order chi connectivity index (χ0) is 18.0. The summed E-state index contributed by atoms with van der Waals surface area (Å²) in [6.07, 6.45) is 0. The van der Waals surface area contributed by atoms with E-state index in [0.717, 1.165) is 11.3 Å². The van der Waals surface area contributed by atoms with Crippen molar-refractivity contribution < 1.29 is 9.53 Å². The van der Waals surface area contributed by atoms with Gasteiger partial charge in [-0.1, -0.05) is 40.9 Å². The van der Waals surface area contributed by atoms with E-state index in [-0.39, 0.29) is 11.4 Å². The fraction of sp³-hybridized carbons (Fsp3) is 0.235. The van der Waals surface area contributed by atoms with Gasteiger partial charge in [0.25, 0.3) is 0 Å². The first-order valence-corrected chi connectivity index (χ1v) is 9.65. The van der Waals surface area contributed by atoms with Gasteiger partial charge in [-0.3, -0.25) is 0 Å². The maximum Gasteiger partial charge on any atom is 0.323 e.